The van der Waals surface area contributed by atoms with E-state index in [1.807, 2.05) is 17.5 Å². The largest absolute Gasteiger partial charge is 0.350 e. The van der Waals surface area contributed by atoms with Crippen molar-refractivity contribution in [1.29, 1.82) is 0 Å². The Kier molecular flexibility index (Phi) is 6.95. The van der Waals surface area contributed by atoms with Crippen LogP contribution in [0.3, 0.4) is 0 Å². The fourth-order valence-electron chi connectivity index (χ4n) is 3.42. The third-order valence-corrected chi connectivity index (χ3v) is 7.42. The molecule has 0 spiro atoms. The van der Waals surface area contributed by atoms with Gasteiger partial charge in [0.1, 0.15) is 6.04 Å². The zero-order valence-electron chi connectivity index (χ0n) is 17.3. The van der Waals surface area contributed by atoms with Gasteiger partial charge in [-0.2, -0.15) is 4.72 Å². The molecule has 0 saturated heterocycles. The van der Waals surface area contributed by atoms with Crippen LogP contribution in [-0.4, -0.2) is 32.8 Å². The van der Waals surface area contributed by atoms with Crippen LogP contribution in [-0.2, 0) is 32.6 Å². The molecule has 3 rings (SSSR count). The van der Waals surface area contributed by atoms with Crippen LogP contribution in [0.5, 0.6) is 0 Å². The smallest absolute Gasteiger partial charge is 0.241 e. The maximum absolute atomic E-state index is 13.0. The van der Waals surface area contributed by atoms with E-state index in [4.69, 9.17) is 0 Å². The first-order chi connectivity index (χ1) is 14.2. The van der Waals surface area contributed by atoms with Gasteiger partial charge in [0.2, 0.25) is 21.8 Å². The number of fused-ring (bicyclic) bond motifs is 1. The molecule has 0 fully saturated rings. The molecule has 2 aromatic rings. The van der Waals surface area contributed by atoms with Crippen molar-refractivity contribution >= 4 is 38.9 Å². The number of hydrogen-bond donors (Lipinski definition) is 2. The van der Waals surface area contributed by atoms with Crippen LogP contribution in [0.2, 0.25) is 0 Å². The lowest BCUT2D eigenvalue weighted by atomic mass is 10.1. The summed E-state index contributed by atoms with van der Waals surface area (Å²) in [5.74, 6) is -0.567. The average Bonchev–Trinajstić information content (AvgIpc) is 3.38. The van der Waals surface area contributed by atoms with E-state index in [1.54, 1.807) is 37.8 Å². The van der Waals surface area contributed by atoms with Crippen LogP contribution in [0.4, 0.5) is 5.69 Å². The molecule has 2 heterocycles. The second-order valence-electron chi connectivity index (χ2n) is 7.58. The van der Waals surface area contributed by atoms with Crippen LogP contribution in [0.25, 0.3) is 0 Å². The maximum Gasteiger partial charge on any atom is 0.241 e. The molecule has 1 unspecified atom stereocenters. The monoisotopic (exact) mass is 449 g/mol. The number of carbonyl (C=O) groups excluding carboxylic acids is 2. The minimum Gasteiger partial charge on any atom is -0.350 e. The number of nitrogens with zero attached hydrogens (tertiary/aromatic N) is 1. The Morgan fingerprint density at radius 1 is 1.23 bits per heavy atom. The van der Waals surface area contributed by atoms with Gasteiger partial charge in [-0.1, -0.05) is 26.8 Å². The summed E-state index contributed by atoms with van der Waals surface area (Å²) in [6.07, 6.45) is 1.01. The molecular formula is C21H27N3O4S2. The van der Waals surface area contributed by atoms with Gasteiger partial charge in [-0.05, 0) is 47.5 Å². The van der Waals surface area contributed by atoms with Crippen molar-refractivity contribution in [2.45, 2.75) is 51.1 Å². The zero-order valence-corrected chi connectivity index (χ0v) is 19.0. The van der Waals surface area contributed by atoms with Crippen LogP contribution in [0, 0.1) is 5.92 Å². The lowest BCUT2D eigenvalue weighted by Crippen LogP contribution is -2.49. The summed E-state index contributed by atoms with van der Waals surface area (Å²) in [6, 6.07) is 7.69. The van der Waals surface area contributed by atoms with Crippen molar-refractivity contribution in [3.63, 3.8) is 0 Å². The molecule has 0 radical (unpaired) electrons. The van der Waals surface area contributed by atoms with Crippen LogP contribution >= 0.6 is 11.3 Å². The fraction of sp³-hybridized carbons (Fsp3) is 0.429. The Bertz CT molecular complexity index is 1020. The van der Waals surface area contributed by atoms with Crippen molar-refractivity contribution in [2.24, 2.45) is 5.92 Å². The highest BCUT2D eigenvalue weighted by Gasteiger charge is 2.30. The van der Waals surface area contributed by atoms with Crippen LogP contribution < -0.4 is 14.9 Å². The van der Waals surface area contributed by atoms with Gasteiger partial charge >= 0.3 is 0 Å². The number of hydrogen-bond acceptors (Lipinski definition) is 5. The Hall–Kier alpha value is -2.23. The summed E-state index contributed by atoms with van der Waals surface area (Å²) in [6.45, 7) is 6.32. The molecule has 30 heavy (non-hydrogen) atoms. The summed E-state index contributed by atoms with van der Waals surface area (Å²) < 4.78 is 28.5. The molecule has 1 aromatic heterocycles. The normalized spacial score (nSPS) is 14.6. The SMILES string of the molecule is CCC(=O)N1CCc2cc(S(=O)(=O)NC(C(=O)NCc3cccs3)C(C)C)ccc21. The third-order valence-electron chi connectivity index (χ3n) is 5.11. The zero-order chi connectivity index (χ0) is 21.9. The van der Waals surface area contributed by atoms with Gasteiger partial charge in [-0.3, -0.25) is 9.59 Å². The predicted octanol–water partition coefficient (Wildman–Crippen LogP) is 2.67. The number of amides is 2. The Balaban J connectivity index is 1.75. The topological polar surface area (TPSA) is 95.6 Å². The van der Waals surface area contributed by atoms with E-state index in [9.17, 15) is 18.0 Å². The van der Waals surface area contributed by atoms with Crippen molar-refractivity contribution in [1.82, 2.24) is 10.0 Å². The lowest BCUT2D eigenvalue weighted by Gasteiger charge is -2.22. The summed E-state index contributed by atoms with van der Waals surface area (Å²) >= 11 is 1.53. The minimum absolute atomic E-state index is 0.0183. The van der Waals surface area contributed by atoms with Gasteiger partial charge < -0.3 is 10.2 Å². The van der Waals surface area contributed by atoms with Gasteiger partial charge in [-0.15, -0.1) is 11.3 Å². The van der Waals surface area contributed by atoms with Crippen molar-refractivity contribution in [2.75, 3.05) is 11.4 Å². The second-order valence-corrected chi connectivity index (χ2v) is 10.3. The highest BCUT2D eigenvalue weighted by Crippen LogP contribution is 2.30. The third kappa shape index (κ3) is 4.91. The molecule has 2 N–H and O–H groups in total. The number of sulfonamides is 1. The molecule has 9 heteroatoms. The van der Waals surface area contributed by atoms with Gasteiger partial charge in [0.15, 0.2) is 0 Å². The number of carbonyl (C=O) groups is 2. The molecule has 2 amide bonds. The molecule has 0 saturated carbocycles. The molecule has 0 bridgehead atoms. The van der Waals surface area contributed by atoms with E-state index in [0.717, 1.165) is 16.1 Å². The summed E-state index contributed by atoms with van der Waals surface area (Å²) in [5, 5.41) is 4.73. The average molecular weight is 450 g/mol. The molecular weight excluding hydrogens is 422 g/mol. The lowest BCUT2D eigenvalue weighted by molar-refractivity contribution is -0.123. The Morgan fingerprint density at radius 3 is 2.63 bits per heavy atom. The molecule has 1 aromatic carbocycles. The Morgan fingerprint density at radius 2 is 2.00 bits per heavy atom. The second kappa shape index (κ2) is 9.28. The molecule has 1 aliphatic heterocycles. The van der Waals surface area contributed by atoms with E-state index in [2.05, 4.69) is 10.0 Å². The van der Waals surface area contributed by atoms with E-state index >= 15 is 0 Å². The highest BCUT2D eigenvalue weighted by molar-refractivity contribution is 7.89. The van der Waals surface area contributed by atoms with Crippen molar-refractivity contribution in [3.8, 4) is 0 Å². The molecule has 1 aliphatic rings. The fourth-order valence-corrected chi connectivity index (χ4v) is 5.46. The number of anilines is 1. The first-order valence-electron chi connectivity index (χ1n) is 9.98. The van der Waals surface area contributed by atoms with E-state index < -0.39 is 16.1 Å². The first-order valence-corrected chi connectivity index (χ1v) is 12.3. The molecule has 0 aliphatic carbocycles. The number of benzene rings is 1. The van der Waals surface area contributed by atoms with Gasteiger partial charge in [0.05, 0.1) is 11.4 Å². The number of rotatable bonds is 8. The van der Waals surface area contributed by atoms with Crippen LogP contribution in [0.15, 0.2) is 40.6 Å². The molecule has 162 valence electrons. The maximum atomic E-state index is 13.0. The van der Waals surface area contributed by atoms with Gasteiger partial charge in [-0.25, -0.2) is 8.42 Å². The van der Waals surface area contributed by atoms with Crippen molar-refractivity contribution < 1.29 is 18.0 Å². The first kappa shape index (κ1) is 22.5. The minimum atomic E-state index is -3.90. The summed E-state index contributed by atoms with van der Waals surface area (Å²) in [4.78, 5) is 27.5. The molecule has 7 nitrogen and oxygen atoms in total. The Labute approximate surface area is 181 Å². The summed E-state index contributed by atoms with van der Waals surface area (Å²) in [7, 11) is -3.90. The van der Waals surface area contributed by atoms with Crippen LogP contribution in [0.1, 0.15) is 37.6 Å². The quantitative estimate of drug-likeness (QED) is 0.648. The number of thiophene rings is 1. The van der Waals surface area contributed by atoms with E-state index in [-0.39, 0.29) is 22.6 Å². The van der Waals surface area contributed by atoms with Gasteiger partial charge in [0.25, 0.3) is 0 Å². The standard InChI is InChI=1S/C21H27N3O4S2/c1-4-19(25)24-10-9-15-12-17(7-8-18(15)24)30(27,28)23-20(14(2)3)21(26)22-13-16-6-5-11-29-16/h5-8,11-12,14,20,23H,4,9-10,13H2,1-3H3,(H,22,26). The summed E-state index contributed by atoms with van der Waals surface area (Å²) in [5.41, 5.74) is 1.58. The van der Waals surface area contributed by atoms with Gasteiger partial charge in [0, 0.05) is 23.5 Å². The number of nitrogens with one attached hydrogen (secondary N) is 2. The van der Waals surface area contributed by atoms with E-state index in [1.165, 1.54) is 17.4 Å². The van der Waals surface area contributed by atoms with Crippen molar-refractivity contribution in [3.05, 3.63) is 46.2 Å². The van der Waals surface area contributed by atoms with E-state index in [0.29, 0.717) is 25.9 Å². The predicted molar refractivity (Wildman–Crippen MR) is 118 cm³/mol. The highest BCUT2D eigenvalue weighted by atomic mass is 32.2. The molecule has 1 atom stereocenters.